The van der Waals surface area contributed by atoms with E-state index in [0.717, 1.165) is 16.7 Å². The zero-order valence-corrected chi connectivity index (χ0v) is 9.59. The first-order valence-electron chi connectivity index (χ1n) is 5.14. The highest BCUT2D eigenvalue weighted by Gasteiger charge is 2.01. The summed E-state index contributed by atoms with van der Waals surface area (Å²) in [5.74, 6) is 0.742. The van der Waals surface area contributed by atoms with Crippen molar-refractivity contribution in [2.75, 3.05) is 5.43 Å². The molecule has 0 spiro atoms. The normalized spacial score (nSPS) is 10.6. The van der Waals surface area contributed by atoms with E-state index in [1.807, 2.05) is 42.6 Å². The smallest absolute Gasteiger partial charge is 0.146 e. The Morgan fingerprint density at radius 1 is 1.18 bits per heavy atom. The molecule has 0 atom stereocenters. The molecule has 1 aromatic carbocycles. The summed E-state index contributed by atoms with van der Waals surface area (Å²) in [4.78, 5) is 5.79. The first-order valence-corrected chi connectivity index (χ1v) is 5.52. The van der Waals surface area contributed by atoms with Gasteiger partial charge in [-0.05, 0) is 30.3 Å². The second-order valence-corrected chi connectivity index (χ2v) is 4.04. The fraction of sp³-hybridized carbons (Fsp3) is 0. The Bertz CT molecular complexity index is 648. The SMILES string of the molecule is Clc1ccc2cn(Nc3ccccn3)nc2c1. The minimum absolute atomic E-state index is 0.681. The fourth-order valence-electron chi connectivity index (χ4n) is 1.59. The maximum absolute atomic E-state index is 5.91. The Labute approximate surface area is 103 Å². The molecule has 2 aromatic heterocycles. The molecule has 1 N–H and O–H groups in total. The highest BCUT2D eigenvalue weighted by molar-refractivity contribution is 6.31. The number of halogens is 1. The van der Waals surface area contributed by atoms with Crippen molar-refractivity contribution >= 4 is 28.3 Å². The highest BCUT2D eigenvalue weighted by Crippen LogP contribution is 2.17. The summed E-state index contributed by atoms with van der Waals surface area (Å²) in [7, 11) is 0. The second kappa shape index (κ2) is 4.07. The van der Waals surface area contributed by atoms with E-state index in [4.69, 9.17) is 11.6 Å². The zero-order valence-electron chi connectivity index (χ0n) is 8.84. The summed E-state index contributed by atoms with van der Waals surface area (Å²) in [5.41, 5.74) is 3.91. The van der Waals surface area contributed by atoms with E-state index in [1.54, 1.807) is 11.0 Å². The van der Waals surface area contributed by atoms with Crippen LogP contribution in [0.2, 0.25) is 5.02 Å². The second-order valence-electron chi connectivity index (χ2n) is 3.60. The number of nitrogens with zero attached hydrogens (tertiary/aromatic N) is 3. The van der Waals surface area contributed by atoms with Crippen molar-refractivity contribution in [1.29, 1.82) is 0 Å². The van der Waals surface area contributed by atoms with E-state index in [1.165, 1.54) is 0 Å². The molecule has 5 heteroatoms. The van der Waals surface area contributed by atoms with Crippen LogP contribution in [0, 0.1) is 0 Å². The van der Waals surface area contributed by atoms with Gasteiger partial charge >= 0.3 is 0 Å². The number of anilines is 1. The Morgan fingerprint density at radius 3 is 2.94 bits per heavy atom. The van der Waals surface area contributed by atoms with Crippen LogP contribution in [0.25, 0.3) is 10.9 Å². The molecule has 84 valence electrons. The van der Waals surface area contributed by atoms with Gasteiger partial charge in [-0.2, -0.15) is 9.89 Å². The van der Waals surface area contributed by atoms with Gasteiger partial charge in [0.05, 0.1) is 11.7 Å². The number of benzene rings is 1. The minimum atomic E-state index is 0.681. The number of aromatic nitrogens is 3. The topological polar surface area (TPSA) is 42.7 Å². The highest BCUT2D eigenvalue weighted by atomic mass is 35.5. The van der Waals surface area contributed by atoms with Gasteiger partial charge in [0.1, 0.15) is 5.82 Å². The number of pyridine rings is 1. The summed E-state index contributed by atoms with van der Waals surface area (Å²) in [5, 5.41) is 6.06. The summed E-state index contributed by atoms with van der Waals surface area (Å²) in [6.07, 6.45) is 3.61. The molecule has 0 saturated heterocycles. The van der Waals surface area contributed by atoms with E-state index < -0.39 is 0 Å². The standard InChI is InChI=1S/C12H9ClN4/c13-10-5-4-9-8-17(15-11(9)7-10)16-12-3-1-2-6-14-12/h1-8H,(H,14,16). The number of hydrogen-bond donors (Lipinski definition) is 1. The van der Waals surface area contributed by atoms with Crippen molar-refractivity contribution < 1.29 is 0 Å². The summed E-state index contributed by atoms with van der Waals surface area (Å²) in [6, 6.07) is 11.3. The number of rotatable bonds is 2. The predicted octanol–water partition coefficient (Wildman–Crippen LogP) is 2.96. The molecule has 17 heavy (non-hydrogen) atoms. The van der Waals surface area contributed by atoms with Crippen LogP contribution in [0.5, 0.6) is 0 Å². The molecular weight excluding hydrogens is 236 g/mol. The van der Waals surface area contributed by atoms with Crippen molar-refractivity contribution in [3.8, 4) is 0 Å². The van der Waals surface area contributed by atoms with Gasteiger partial charge in [-0.3, -0.25) is 5.43 Å². The van der Waals surface area contributed by atoms with Gasteiger partial charge in [-0.1, -0.05) is 17.7 Å². The number of hydrogen-bond acceptors (Lipinski definition) is 3. The third-order valence-electron chi connectivity index (χ3n) is 2.36. The van der Waals surface area contributed by atoms with Gasteiger partial charge in [0.25, 0.3) is 0 Å². The van der Waals surface area contributed by atoms with E-state index in [0.29, 0.717) is 5.02 Å². The van der Waals surface area contributed by atoms with Crippen LogP contribution >= 0.6 is 11.6 Å². The Morgan fingerprint density at radius 2 is 2.12 bits per heavy atom. The molecule has 0 amide bonds. The molecule has 3 aromatic rings. The third kappa shape index (κ3) is 2.07. The Kier molecular flexibility index (Phi) is 2.42. The van der Waals surface area contributed by atoms with E-state index in [-0.39, 0.29) is 0 Å². The van der Waals surface area contributed by atoms with E-state index in [9.17, 15) is 0 Å². The molecule has 0 unspecified atom stereocenters. The molecule has 4 nitrogen and oxygen atoms in total. The Hall–Kier alpha value is -2.07. The van der Waals surface area contributed by atoms with Crippen molar-refractivity contribution in [2.24, 2.45) is 0 Å². The van der Waals surface area contributed by atoms with Crippen molar-refractivity contribution in [3.63, 3.8) is 0 Å². The maximum atomic E-state index is 5.91. The molecular formula is C12H9ClN4. The van der Waals surface area contributed by atoms with Crippen LogP contribution in [-0.4, -0.2) is 14.9 Å². The lowest BCUT2D eigenvalue weighted by molar-refractivity contribution is 0.808. The summed E-state index contributed by atoms with van der Waals surface area (Å²) < 4.78 is 0. The van der Waals surface area contributed by atoms with Crippen LogP contribution in [0.1, 0.15) is 0 Å². The van der Waals surface area contributed by atoms with Gasteiger partial charge < -0.3 is 0 Å². The molecule has 0 aliphatic rings. The van der Waals surface area contributed by atoms with Crippen LogP contribution in [0.3, 0.4) is 0 Å². The first-order chi connectivity index (χ1) is 8.31. The Balaban J connectivity index is 1.96. The van der Waals surface area contributed by atoms with Crippen LogP contribution in [-0.2, 0) is 0 Å². The summed E-state index contributed by atoms with van der Waals surface area (Å²) >= 11 is 5.91. The lowest BCUT2D eigenvalue weighted by Gasteiger charge is -2.02. The van der Waals surface area contributed by atoms with Crippen LogP contribution < -0.4 is 5.43 Å². The molecule has 0 radical (unpaired) electrons. The van der Waals surface area contributed by atoms with Gasteiger partial charge in [0.2, 0.25) is 0 Å². The monoisotopic (exact) mass is 244 g/mol. The largest absolute Gasteiger partial charge is 0.261 e. The number of nitrogens with one attached hydrogen (secondary N) is 1. The van der Waals surface area contributed by atoms with E-state index in [2.05, 4.69) is 15.5 Å². The van der Waals surface area contributed by atoms with Crippen molar-refractivity contribution in [3.05, 3.63) is 53.8 Å². The maximum Gasteiger partial charge on any atom is 0.146 e. The van der Waals surface area contributed by atoms with Crippen molar-refractivity contribution in [1.82, 2.24) is 14.9 Å². The third-order valence-corrected chi connectivity index (χ3v) is 2.60. The lowest BCUT2D eigenvalue weighted by atomic mass is 10.3. The summed E-state index contributed by atoms with van der Waals surface area (Å²) in [6.45, 7) is 0. The van der Waals surface area contributed by atoms with Gasteiger partial charge in [-0.25, -0.2) is 4.98 Å². The van der Waals surface area contributed by atoms with Crippen molar-refractivity contribution in [2.45, 2.75) is 0 Å². The minimum Gasteiger partial charge on any atom is -0.261 e. The number of fused-ring (bicyclic) bond motifs is 1. The van der Waals surface area contributed by atoms with E-state index >= 15 is 0 Å². The molecule has 0 saturated carbocycles. The quantitative estimate of drug-likeness (QED) is 0.754. The molecule has 0 fully saturated rings. The van der Waals surface area contributed by atoms with Gasteiger partial charge in [-0.15, -0.1) is 0 Å². The lowest BCUT2D eigenvalue weighted by Crippen LogP contribution is -2.09. The molecule has 0 aliphatic carbocycles. The zero-order chi connectivity index (χ0) is 11.7. The average molecular weight is 245 g/mol. The molecule has 3 rings (SSSR count). The molecule has 0 aliphatic heterocycles. The first kappa shape index (κ1) is 10.1. The molecule has 2 heterocycles. The van der Waals surface area contributed by atoms with Crippen LogP contribution in [0.15, 0.2) is 48.8 Å². The molecule has 0 bridgehead atoms. The average Bonchev–Trinajstić information content (AvgIpc) is 2.71. The predicted molar refractivity (Wildman–Crippen MR) is 68.0 cm³/mol. The van der Waals surface area contributed by atoms with Crippen LogP contribution in [0.4, 0.5) is 5.82 Å². The van der Waals surface area contributed by atoms with Gasteiger partial charge in [0.15, 0.2) is 0 Å². The fourth-order valence-corrected chi connectivity index (χ4v) is 1.76. The van der Waals surface area contributed by atoms with Gasteiger partial charge in [0, 0.05) is 16.6 Å².